The Bertz CT molecular complexity index is 738. The summed E-state index contributed by atoms with van der Waals surface area (Å²) in [7, 11) is 0. The van der Waals surface area contributed by atoms with Crippen LogP contribution in [0.4, 0.5) is 5.69 Å². The summed E-state index contributed by atoms with van der Waals surface area (Å²) in [6, 6.07) is 9.80. The number of nitrogens with zero attached hydrogens (tertiary/aromatic N) is 1. The van der Waals surface area contributed by atoms with E-state index >= 15 is 0 Å². The second-order valence-electron chi connectivity index (χ2n) is 6.52. The van der Waals surface area contributed by atoms with Gasteiger partial charge in [-0.2, -0.15) is 0 Å². The molecule has 126 valence electrons. The van der Waals surface area contributed by atoms with Crippen molar-refractivity contribution in [2.75, 3.05) is 11.4 Å². The number of thiophene rings is 1. The van der Waals surface area contributed by atoms with Gasteiger partial charge in [0.15, 0.2) is 0 Å². The first-order valence-electron chi connectivity index (χ1n) is 8.28. The summed E-state index contributed by atoms with van der Waals surface area (Å²) in [4.78, 5) is 26.9. The molecule has 24 heavy (non-hydrogen) atoms. The highest BCUT2D eigenvalue weighted by Gasteiger charge is 2.25. The first-order valence-corrected chi connectivity index (χ1v) is 9.16. The third kappa shape index (κ3) is 3.67. The van der Waals surface area contributed by atoms with Gasteiger partial charge in [0.05, 0.1) is 4.88 Å². The van der Waals surface area contributed by atoms with Crippen molar-refractivity contribution >= 4 is 28.8 Å². The average molecular weight is 342 g/mol. The van der Waals surface area contributed by atoms with Gasteiger partial charge in [0.1, 0.15) is 0 Å². The second kappa shape index (κ2) is 7.18. The first-order chi connectivity index (χ1) is 11.5. The van der Waals surface area contributed by atoms with Crippen molar-refractivity contribution in [3.63, 3.8) is 0 Å². The Hall–Kier alpha value is -2.14. The van der Waals surface area contributed by atoms with Crippen LogP contribution in [0.5, 0.6) is 0 Å². The maximum Gasteiger partial charge on any atom is 0.261 e. The van der Waals surface area contributed by atoms with E-state index in [0.717, 1.165) is 29.1 Å². The summed E-state index contributed by atoms with van der Waals surface area (Å²) in [6.45, 7) is 5.39. The molecule has 0 unspecified atom stereocenters. The summed E-state index contributed by atoms with van der Waals surface area (Å²) in [5.41, 5.74) is 3.28. The maximum absolute atomic E-state index is 12.3. The Morgan fingerprint density at radius 2 is 2.12 bits per heavy atom. The van der Waals surface area contributed by atoms with E-state index in [0.29, 0.717) is 18.9 Å². The van der Waals surface area contributed by atoms with Gasteiger partial charge in [0.25, 0.3) is 5.91 Å². The molecule has 1 aromatic heterocycles. The molecule has 0 saturated carbocycles. The summed E-state index contributed by atoms with van der Waals surface area (Å²) in [6.07, 6.45) is 1.46. The molecule has 0 saturated heterocycles. The van der Waals surface area contributed by atoms with Crippen LogP contribution in [0.15, 0.2) is 35.7 Å². The fraction of sp³-hybridized carbons (Fsp3) is 0.368. The predicted octanol–water partition coefficient (Wildman–Crippen LogP) is 3.61. The van der Waals surface area contributed by atoms with E-state index in [2.05, 4.69) is 25.2 Å². The fourth-order valence-corrected chi connectivity index (χ4v) is 3.60. The number of fused-ring (bicyclic) bond motifs is 1. The summed E-state index contributed by atoms with van der Waals surface area (Å²) in [5, 5.41) is 4.84. The van der Waals surface area contributed by atoms with Gasteiger partial charge in [-0.25, -0.2) is 0 Å². The zero-order valence-electron chi connectivity index (χ0n) is 14.0. The van der Waals surface area contributed by atoms with Gasteiger partial charge in [-0.15, -0.1) is 11.3 Å². The zero-order chi connectivity index (χ0) is 17.1. The van der Waals surface area contributed by atoms with Crippen molar-refractivity contribution in [3.05, 3.63) is 51.7 Å². The third-order valence-electron chi connectivity index (χ3n) is 4.12. The smallest absolute Gasteiger partial charge is 0.261 e. The number of anilines is 1. The van der Waals surface area contributed by atoms with E-state index in [1.165, 1.54) is 16.9 Å². The van der Waals surface area contributed by atoms with Crippen LogP contribution in [0.3, 0.4) is 0 Å². The highest BCUT2D eigenvalue weighted by atomic mass is 32.1. The number of hydrogen-bond donors (Lipinski definition) is 1. The van der Waals surface area contributed by atoms with Gasteiger partial charge in [0, 0.05) is 25.2 Å². The Kier molecular flexibility index (Phi) is 5.00. The quantitative estimate of drug-likeness (QED) is 0.902. The monoisotopic (exact) mass is 342 g/mol. The molecule has 1 N–H and O–H groups in total. The largest absolute Gasteiger partial charge is 0.347 e. The number of rotatable bonds is 5. The molecule has 0 fully saturated rings. The molecular weight excluding hydrogens is 320 g/mol. The topological polar surface area (TPSA) is 49.4 Å². The Balaban J connectivity index is 1.65. The lowest BCUT2D eigenvalue weighted by Crippen LogP contribution is -2.29. The van der Waals surface area contributed by atoms with E-state index in [9.17, 15) is 9.59 Å². The Labute approximate surface area is 146 Å². The van der Waals surface area contributed by atoms with E-state index in [1.807, 2.05) is 34.5 Å². The van der Waals surface area contributed by atoms with E-state index in [4.69, 9.17) is 0 Å². The zero-order valence-corrected chi connectivity index (χ0v) is 14.9. The third-order valence-corrected chi connectivity index (χ3v) is 4.99. The number of carbonyl (C=O) groups is 2. The summed E-state index contributed by atoms with van der Waals surface area (Å²) < 4.78 is 0. The van der Waals surface area contributed by atoms with E-state index in [-0.39, 0.29) is 11.8 Å². The lowest BCUT2D eigenvalue weighted by atomic mass is 10.1. The van der Waals surface area contributed by atoms with E-state index < -0.39 is 0 Å². The number of amides is 2. The molecule has 0 aliphatic carbocycles. The van der Waals surface area contributed by atoms with Crippen molar-refractivity contribution in [2.45, 2.75) is 33.2 Å². The van der Waals surface area contributed by atoms with Crippen molar-refractivity contribution < 1.29 is 9.59 Å². The van der Waals surface area contributed by atoms with Crippen LogP contribution in [-0.2, 0) is 17.8 Å². The highest BCUT2D eigenvalue weighted by molar-refractivity contribution is 7.12. The minimum absolute atomic E-state index is 0.0424. The fourth-order valence-electron chi connectivity index (χ4n) is 2.96. The van der Waals surface area contributed by atoms with Crippen molar-refractivity contribution in [3.8, 4) is 0 Å². The molecule has 3 rings (SSSR count). The first kappa shape index (κ1) is 16.7. The van der Waals surface area contributed by atoms with Crippen LogP contribution in [0.2, 0.25) is 0 Å². The van der Waals surface area contributed by atoms with Crippen LogP contribution < -0.4 is 10.2 Å². The van der Waals surface area contributed by atoms with Crippen LogP contribution in [0.25, 0.3) is 0 Å². The van der Waals surface area contributed by atoms with E-state index in [1.54, 1.807) is 0 Å². The highest BCUT2D eigenvalue weighted by Crippen LogP contribution is 2.30. The molecule has 0 radical (unpaired) electrons. The van der Waals surface area contributed by atoms with Crippen molar-refractivity contribution in [2.24, 2.45) is 5.92 Å². The van der Waals surface area contributed by atoms with Gasteiger partial charge >= 0.3 is 0 Å². The molecule has 4 nitrogen and oxygen atoms in total. The lowest BCUT2D eigenvalue weighted by molar-refractivity contribution is -0.119. The van der Waals surface area contributed by atoms with Gasteiger partial charge in [-0.1, -0.05) is 32.0 Å². The van der Waals surface area contributed by atoms with Gasteiger partial charge in [0.2, 0.25) is 5.91 Å². The van der Waals surface area contributed by atoms with Crippen molar-refractivity contribution in [1.82, 2.24) is 5.32 Å². The molecule has 1 aliphatic rings. The normalized spacial score (nSPS) is 13.2. The van der Waals surface area contributed by atoms with Crippen molar-refractivity contribution in [1.29, 1.82) is 0 Å². The Morgan fingerprint density at radius 3 is 2.83 bits per heavy atom. The molecular formula is C19H22N2O2S. The van der Waals surface area contributed by atoms with Crippen LogP contribution in [0.1, 0.15) is 41.1 Å². The van der Waals surface area contributed by atoms with Crippen LogP contribution in [-0.4, -0.2) is 18.4 Å². The Morgan fingerprint density at radius 1 is 1.29 bits per heavy atom. The lowest BCUT2D eigenvalue weighted by Gasteiger charge is -2.18. The number of benzene rings is 1. The molecule has 5 heteroatoms. The molecule has 1 aromatic carbocycles. The number of nitrogens with one attached hydrogen (secondary N) is 1. The number of carbonyl (C=O) groups excluding carboxylic acids is 2. The maximum atomic E-state index is 12.3. The van der Waals surface area contributed by atoms with Gasteiger partial charge in [-0.3, -0.25) is 9.59 Å². The van der Waals surface area contributed by atoms with Crippen LogP contribution >= 0.6 is 11.3 Å². The molecule has 2 heterocycles. The number of hydrogen-bond acceptors (Lipinski definition) is 3. The molecule has 0 spiro atoms. The van der Waals surface area contributed by atoms with Gasteiger partial charge in [-0.05, 0) is 41.0 Å². The molecule has 1 aliphatic heterocycles. The SMILES string of the molecule is CC(C)CC(=O)N1CCc2cc(CNC(=O)c3cccs3)ccc21. The van der Waals surface area contributed by atoms with Gasteiger partial charge < -0.3 is 10.2 Å². The summed E-state index contributed by atoms with van der Waals surface area (Å²) >= 11 is 1.44. The molecule has 0 bridgehead atoms. The minimum Gasteiger partial charge on any atom is -0.347 e. The summed E-state index contributed by atoms with van der Waals surface area (Å²) in [5.74, 6) is 0.523. The standard InChI is InChI=1S/C19H22N2O2S/c1-13(2)10-18(22)21-8-7-15-11-14(5-6-16(15)21)12-20-19(23)17-4-3-9-24-17/h3-6,9,11,13H,7-8,10,12H2,1-2H3,(H,20,23). The molecule has 2 aromatic rings. The van der Waals surface area contributed by atoms with Crippen LogP contribution in [0, 0.1) is 5.92 Å². The minimum atomic E-state index is -0.0424. The molecule has 2 amide bonds. The second-order valence-corrected chi connectivity index (χ2v) is 7.46. The average Bonchev–Trinajstić information content (AvgIpc) is 3.20. The predicted molar refractivity (Wildman–Crippen MR) is 97.4 cm³/mol. The molecule has 0 atom stereocenters.